The van der Waals surface area contributed by atoms with Gasteiger partial charge in [-0.2, -0.15) is 10.2 Å². The lowest BCUT2D eigenvalue weighted by Gasteiger charge is -2.34. The Kier molecular flexibility index (Phi) is 4.73. The summed E-state index contributed by atoms with van der Waals surface area (Å²) < 4.78 is 8.43. The summed E-state index contributed by atoms with van der Waals surface area (Å²) in [5, 5.41) is 8.43. The van der Waals surface area contributed by atoms with Crippen molar-refractivity contribution < 1.29 is 9.53 Å². The quantitative estimate of drug-likeness (QED) is 0.786. The first-order valence-electron chi connectivity index (χ1n) is 7.67. The molecule has 0 bridgehead atoms. The molecule has 2 aromatic rings. The third-order valence-electron chi connectivity index (χ3n) is 3.95. The normalized spacial score (nSPS) is 16.0. The van der Waals surface area contributed by atoms with Crippen LogP contribution in [0.25, 0.3) is 0 Å². The molecular formula is C15H22N6O2. The molecule has 1 aliphatic rings. The van der Waals surface area contributed by atoms with Gasteiger partial charge in [-0.05, 0) is 6.07 Å². The van der Waals surface area contributed by atoms with E-state index in [1.807, 2.05) is 29.0 Å². The number of nitrogens with zero attached hydrogens (tertiary/aromatic N) is 6. The fourth-order valence-electron chi connectivity index (χ4n) is 2.76. The highest BCUT2D eigenvalue weighted by molar-refractivity contribution is 5.92. The van der Waals surface area contributed by atoms with Crippen LogP contribution in [0.1, 0.15) is 16.1 Å². The maximum Gasteiger partial charge on any atom is 0.274 e. The summed E-state index contributed by atoms with van der Waals surface area (Å²) in [5.74, 6) is -0.0131. The molecule has 0 spiro atoms. The molecule has 1 aliphatic heterocycles. The van der Waals surface area contributed by atoms with E-state index in [9.17, 15) is 4.79 Å². The molecule has 1 fully saturated rings. The van der Waals surface area contributed by atoms with Crippen molar-refractivity contribution in [3.63, 3.8) is 0 Å². The molecular weight excluding hydrogens is 296 g/mol. The largest absolute Gasteiger partial charge is 0.362 e. The highest BCUT2D eigenvalue weighted by atomic mass is 16.5. The SMILES string of the molecule is COCn1ccc(C(=O)N2CCN(Cc3cnn(C)c3)CC2)n1. The second-order valence-corrected chi connectivity index (χ2v) is 5.75. The van der Waals surface area contributed by atoms with E-state index in [4.69, 9.17) is 4.74 Å². The first-order chi connectivity index (χ1) is 11.2. The van der Waals surface area contributed by atoms with Gasteiger partial charge in [0.05, 0.1) is 6.20 Å². The van der Waals surface area contributed by atoms with Crippen molar-refractivity contribution in [1.82, 2.24) is 29.4 Å². The van der Waals surface area contributed by atoms with Gasteiger partial charge in [-0.15, -0.1) is 0 Å². The number of aryl methyl sites for hydroxylation is 1. The van der Waals surface area contributed by atoms with E-state index in [0.29, 0.717) is 12.4 Å². The van der Waals surface area contributed by atoms with Crippen LogP contribution >= 0.6 is 0 Å². The predicted octanol–water partition coefficient (Wildman–Crippen LogP) is 0.179. The van der Waals surface area contributed by atoms with Crippen LogP contribution in [0.2, 0.25) is 0 Å². The lowest BCUT2D eigenvalue weighted by atomic mass is 10.2. The van der Waals surface area contributed by atoms with Gasteiger partial charge in [-0.1, -0.05) is 0 Å². The minimum absolute atomic E-state index is 0.0131. The Bertz CT molecular complexity index is 656. The van der Waals surface area contributed by atoms with Crippen molar-refractivity contribution in [2.24, 2.45) is 7.05 Å². The number of amides is 1. The van der Waals surface area contributed by atoms with Crippen LogP contribution in [0.15, 0.2) is 24.7 Å². The molecule has 2 aromatic heterocycles. The molecule has 3 rings (SSSR count). The Balaban J connectivity index is 1.52. The maximum absolute atomic E-state index is 12.5. The van der Waals surface area contributed by atoms with Gasteiger partial charge in [0.25, 0.3) is 5.91 Å². The van der Waals surface area contributed by atoms with Crippen LogP contribution < -0.4 is 0 Å². The minimum Gasteiger partial charge on any atom is -0.362 e. The topological polar surface area (TPSA) is 68.4 Å². The molecule has 1 amide bonds. The van der Waals surface area contributed by atoms with Crippen molar-refractivity contribution in [2.75, 3.05) is 33.3 Å². The standard InChI is InChI=1S/C15H22N6O2/c1-18-10-13(9-16-18)11-19-5-7-20(8-6-19)15(22)14-3-4-21(17-14)12-23-2/h3-4,9-10H,5-8,11-12H2,1-2H3. The summed E-state index contributed by atoms with van der Waals surface area (Å²) in [6.07, 6.45) is 5.68. The molecule has 0 radical (unpaired) electrons. The molecule has 3 heterocycles. The summed E-state index contributed by atoms with van der Waals surface area (Å²) in [4.78, 5) is 16.7. The molecule has 0 aliphatic carbocycles. The lowest BCUT2D eigenvalue weighted by Crippen LogP contribution is -2.48. The van der Waals surface area contributed by atoms with Crippen LogP contribution in [0.5, 0.6) is 0 Å². The van der Waals surface area contributed by atoms with E-state index in [-0.39, 0.29) is 5.91 Å². The number of hydrogen-bond acceptors (Lipinski definition) is 5. The van der Waals surface area contributed by atoms with E-state index < -0.39 is 0 Å². The van der Waals surface area contributed by atoms with Crippen LogP contribution in [0.3, 0.4) is 0 Å². The summed E-state index contributed by atoms with van der Waals surface area (Å²) in [6.45, 7) is 4.38. The number of methoxy groups -OCH3 is 1. The van der Waals surface area contributed by atoms with E-state index in [0.717, 1.165) is 32.7 Å². The Morgan fingerprint density at radius 3 is 2.74 bits per heavy atom. The van der Waals surface area contributed by atoms with Gasteiger partial charge >= 0.3 is 0 Å². The lowest BCUT2D eigenvalue weighted by molar-refractivity contribution is 0.0618. The Labute approximate surface area is 135 Å². The highest BCUT2D eigenvalue weighted by Gasteiger charge is 2.23. The fraction of sp³-hybridized carbons (Fsp3) is 0.533. The monoisotopic (exact) mass is 318 g/mol. The smallest absolute Gasteiger partial charge is 0.274 e. The van der Waals surface area contributed by atoms with E-state index in [1.165, 1.54) is 5.56 Å². The zero-order chi connectivity index (χ0) is 16.2. The molecule has 8 heteroatoms. The van der Waals surface area contributed by atoms with Crippen LogP contribution in [-0.4, -0.2) is 68.6 Å². The van der Waals surface area contributed by atoms with E-state index in [1.54, 1.807) is 24.1 Å². The van der Waals surface area contributed by atoms with Gasteiger partial charge in [0, 0.05) is 64.8 Å². The van der Waals surface area contributed by atoms with Gasteiger partial charge in [0.2, 0.25) is 0 Å². The van der Waals surface area contributed by atoms with Gasteiger partial charge in [0.1, 0.15) is 12.4 Å². The number of rotatable bonds is 5. The van der Waals surface area contributed by atoms with Crippen molar-refractivity contribution in [3.05, 3.63) is 35.9 Å². The molecule has 8 nitrogen and oxygen atoms in total. The van der Waals surface area contributed by atoms with Gasteiger partial charge in [-0.25, -0.2) is 4.68 Å². The number of hydrogen-bond donors (Lipinski definition) is 0. The zero-order valence-electron chi connectivity index (χ0n) is 13.6. The number of piperazine rings is 1. The average molecular weight is 318 g/mol. The maximum atomic E-state index is 12.5. The second-order valence-electron chi connectivity index (χ2n) is 5.75. The van der Waals surface area contributed by atoms with Crippen LogP contribution in [-0.2, 0) is 25.1 Å². The highest BCUT2D eigenvalue weighted by Crippen LogP contribution is 2.10. The molecule has 23 heavy (non-hydrogen) atoms. The average Bonchev–Trinajstić information content (AvgIpc) is 3.17. The predicted molar refractivity (Wildman–Crippen MR) is 83.6 cm³/mol. The third-order valence-corrected chi connectivity index (χ3v) is 3.95. The van der Waals surface area contributed by atoms with Crippen LogP contribution in [0.4, 0.5) is 0 Å². The summed E-state index contributed by atoms with van der Waals surface area (Å²) in [5.41, 5.74) is 1.67. The van der Waals surface area contributed by atoms with Crippen molar-refractivity contribution in [3.8, 4) is 0 Å². The number of carbonyl (C=O) groups excluding carboxylic acids is 1. The van der Waals surface area contributed by atoms with Gasteiger partial charge < -0.3 is 9.64 Å². The molecule has 124 valence electrons. The molecule has 0 N–H and O–H groups in total. The summed E-state index contributed by atoms with van der Waals surface area (Å²) in [7, 11) is 3.52. The van der Waals surface area contributed by atoms with Crippen LogP contribution in [0, 0.1) is 0 Å². The van der Waals surface area contributed by atoms with Gasteiger partial charge in [-0.3, -0.25) is 14.4 Å². The van der Waals surface area contributed by atoms with Gasteiger partial charge in [0.15, 0.2) is 0 Å². The van der Waals surface area contributed by atoms with Crippen molar-refractivity contribution in [1.29, 1.82) is 0 Å². The van der Waals surface area contributed by atoms with E-state index in [2.05, 4.69) is 15.1 Å². The third kappa shape index (κ3) is 3.77. The summed E-state index contributed by atoms with van der Waals surface area (Å²) >= 11 is 0. The molecule has 0 saturated carbocycles. The first kappa shape index (κ1) is 15.7. The Morgan fingerprint density at radius 1 is 1.30 bits per heavy atom. The molecule has 1 saturated heterocycles. The summed E-state index contributed by atoms with van der Waals surface area (Å²) in [6, 6.07) is 1.74. The number of carbonyl (C=O) groups is 1. The van der Waals surface area contributed by atoms with Crippen molar-refractivity contribution >= 4 is 5.91 Å². The molecule has 0 atom stereocenters. The first-order valence-corrected chi connectivity index (χ1v) is 7.67. The second kappa shape index (κ2) is 6.93. The number of ether oxygens (including phenoxy) is 1. The van der Waals surface area contributed by atoms with E-state index >= 15 is 0 Å². The van der Waals surface area contributed by atoms with Crippen molar-refractivity contribution in [2.45, 2.75) is 13.3 Å². The fourth-order valence-corrected chi connectivity index (χ4v) is 2.76. The minimum atomic E-state index is -0.0131. The zero-order valence-corrected chi connectivity index (χ0v) is 13.6. The Morgan fingerprint density at radius 2 is 2.09 bits per heavy atom. The Hall–Kier alpha value is -2.19. The number of aromatic nitrogens is 4. The molecule has 0 aromatic carbocycles. The molecule has 0 unspecified atom stereocenters.